The SMILES string of the molecule is CC(=O)Oc1ccc(C(=O)NC2CN(C(=O)OC(C)(C)C)CCC2=O)cc1. The summed E-state index contributed by atoms with van der Waals surface area (Å²) in [4.78, 5) is 49.1. The summed E-state index contributed by atoms with van der Waals surface area (Å²) in [5, 5.41) is 2.65. The zero-order valence-corrected chi connectivity index (χ0v) is 15.9. The number of hydrogen-bond acceptors (Lipinski definition) is 6. The number of rotatable bonds is 3. The first kappa shape index (κ1) is 20.4. The second kappa shape index (κ2) is 8.20. The normalized spacial score (nSPS) is 17.3. The Kier molecular flexibility index (Phi) is 6.20. The van der Waals surface area contributed by atoms with Gasteiger partial charge in [-0.15, -0.1) is 0 Å². The van der Waals surface area contributed by atoms with Crippen LogP contribution in [0.3, 0.4) is 0 Å². The predicted octanol–water partition coefficient (Wildman–Crippen LogP) is 1.92. The Morgan fingerprint density at radius 3 is 2.33 bits per heavy atom. The summed E-state index contributed by atoms with van der Waals surface area (Å²) in [6, 6.07) is 5.17. The van der Waals surface area contributed by atoms with Gasteiger partial charge >= 0.3 is 12.1 Å². The Morgan fingerprint density at radius 1 is 1.15 bits per heavy atom. The number of benzene rings is 1. The van der Waals surface area contributed by atoms with Crippen molar-refractivity contribution in [2.24, 2.45) is 0 Å². The van der Waals surface area contributed by atoms with Crippen molar-refractivity contribution in [3.63, 3.8) is 0 Å². The zero-order chi connectivity index (χ0) is 20.2. The molecule has 1 atom stereocenters. The number of piperidine rings is 1. The minimum absolute atomic E-state index is 0.0605. The molecule has 1 aromatic rings. The van der Waals surface area contributed by atoms with Crippen LogP contribution in [0.15, 0.2) is 24.3 Å². The van der Waals surface area contributed by atoms with Crippen LogP contribution in [-0.2, 0) is 14.3 Å². The molecule has 2 rings (SSSR count). The lowest BCUT2D eigenvalue weighted by Crippen LogP contribution is -2.55. The lowest BCUT2D eigenvalue weighted by atomic mass is 10.0. The molecule has 1 aromatic carbocycles. The van der Waals surface area contributed by atoms with Gasteiger partial charge in [-0.05, 0) is 45.0 Å². The van der Waals surface area contributed by atoms with Crippen molar-refractivity contribution < 1.29 is 28.7 Å². The van der Waals surface area contributed by atoms with Crippen LogP contribution < -0.4 is 10.1 Å². The highest BCUT2D eigenvalue weighted by Crippen LogP contribution is 2.16. The van der Waals surface area contributed by atoms with E-state index in [1.165, 1.54) is 36.1 Å². The van der Waals surface area contributed by atoms with Crippen molar-refractivity contribution in [1.82, 2.24) is 10.2 Å². The molecule has 146 valence electrons. The van der Waals surface area contributed by atoms with Gasteiger partial charge in [-0.25, -0.2) is 4.79 Å². The zero-order valence-electron chi connectivity index (χ0n) is 15.9. The molecule has 1 aliphatic rings. The average molecular weight is 376 g/mol. The molecule has 0 saturated carbocycles. The molecule has 8 heteroatoms. The summed E-state index contributed by atoms with van der Waals surface area (Å²) in [6.07, 6.45) is -0.366. The minimum Gasteiger partial charge on any atom is -0.444 e. The monoisotopic (exact) mass is 376 g/mol. The Hall–Kier alpha value is -2.90. The first-order chi connectivity index (χ1) is 12.5. The number of hydrogen-bond donors (Lipinski definition) is 1. The molecule has 27 heavy (non-hydrogen) atoms. The van der Waals surface area contributed by atoms with Gasteiger partial charge in [-0.1, -0.05) is 0 Å². The Balaban J connectivity index is 1.99. The Morgan fingerprint density at radius 2 is 1.78 bits per heavy atom. The fourth-order valence-corrected chi connectivity index (χ4v) is 2.53. The van der Waals surface area contributed by atoms with Gasteiger partial charge in [-0.3, -0.25) is 14.4 Å². The lowest BCUT2D eigenvalue weighted by molar-refractivity contribution is -0.132. The van der Waals surface area contributed by atoms with Gasteiger partial charge in [0.15, 0.2) is 5.78 Å². The number of nitrogens with one attached hydrogen (secondary N) is 1. The maximum Gasteiger partial charge on any atom is 0.410 e. The second-order valence-electron chi connectivity index (χ2n) is 7.29. The average Bonchev–Trinajstić information content (AvgIpc) is 2.55. The van der Waals surface area contributed by atoms with Crippen molar-refractivity contribution in [2.45, 2.75) is 45.8 Å². The van der Waals surface area contributed by atoms with Crippen molar-refractivity contribution in [1.29, 1.82) is 0 Å². The molecule has 1 aliphatic heterocycles. The number of Topliss-reactive ketones (excluding diaryl/α,β-unsaturated/α-hetero) is 1. The number of carbonyl (C=O) groups excluding carboxylic acids is 4. The molecule has 1 fully saturated rings. The quantitative estimate of drug-likeness (QED) is 0.639. The van der Waals surface area contributed by atoms with Crippen molar-refractivity contribution in [2.75, 3.05) is 13.1 Å². The number of carbonyl (C=O) groups is 4. The van der Waals surface area contributed by atoms with E-state index in [2.05, 4.69) is 5.32 Å². The third-order valence-electron chi connectivity index (χ3n) is 3.75. The number of ketones is 1. The number of likely N-dealkylation sites (tertiary alicyclic amines) is 1. The van der Waals surface area contributed by atoms with Crippen molar-refractivity contribution in [3.05, 3.63) is 29.8 Å². The van der Waals surface area contributed by atoms with Crippen LogP contribution in [-0.4, -0.2) is 53.4 Å². The summed E-state index contributed by atoms with van der Waals surface area (Å²) in [5.74, 6) is -0.723. The van der Waals surface area contributed by atoms with E-state index in [1.54, 1.807) is 20.8 Å². The second-order valence-corrected chi connectivity index (χ2v) is 7.29. The van der Waals surface area contributed by atoms with Gasteiger partial charge in [0.25, 0.3) is 5.91 Å². The molecule has 2 amide bonds. The van der Waals surface area contributed by atoms with Crippen molar-refractivity contribution in [3.8, 4) is 5.75 Å². The smallest absolute Gasteiger partial charge is 0.410 e. The maximum atomic E-state index is 12.4. The van der Waals surface area contributed by atoms with Crippen molar-refractivity contribution >= 4 is 23.8 Å². The van der Waals surface area contributed by atoms with Crippen LogP contribution in [0.2, 0.25) is 0 Å². The Bertz CT molecular complexity index is 736. The van der Waals surface area contributed by atoms with Crippen LogP contribution in [0.4, 0.5) is 4.79 Å². The summed E-state index contributed by atoms with van der Waals surface area (Å²) in [7, 11) is 0. The molecule has 8 nitrogen and oxygen atoms in total. The molecular formula is C19H24N2O6. The van der Waals surface area contributed by atoms with E-state index in [0.717, 1.165) is 0 Å². The topological polar surface area (TPSA) is 102 Å². The molecule has 1 heterocycles. The molecule has 0 radical (unpaired) electrons. The van der Waals surface area contributed by atoms with Crippen LogP contribution in [0, 0.1) is 0 Å². The third-order valence-corrected chi connectivity index (χ3v) is 3.75. The van der Waals surface area contributed by atoms with E-state index in [4.69, 9.17) is 9.47 Å². The largest absolute Gasteiger partial charge is 0.444 e. The summed E-state index contributed by atoms with van der Waals surface area (Å²) in [6.45, 7) is 6.89. The van der Waals surface area contributed by atoms with E-state index in [1.807, 2.05) is 0 Å². The van der Waals surface area contributed by atoms with Gasteiger partial charge in [0, 0.05) is 25.5 Å². The predicted molar refractivity (Wildman–Crippen MR) is 96.4 cm³/mol. The molecule has 1 saturated heterocycles. The highest BCUT2D eigenvalue weighted by molar-refractivity contribution is 5.98. The molecule has 1 N–H and O–H groups in total. The lowest BCUT2D eigenvalue weighted by Gasteiger charge is -2.33. The summed E-state index contributed by atoms with van der Waals surface area (Å²) < 4.78 is 10.2. The fourth-order valence-electron chi connectivity index (χ4n) is 2.53. The van der Waals surface area contributed by atoms with Gasteiger partial charge < -0.3 is 19.7 Å². The molecule has 0 aromatic heterocycles. The number of ether oxygens (including phenoxy) is 2. The van der Waals surface area contributed by atoms with Crippen LogP contribution in [0.1, 0.15) is 44.5 Å². The number of esters is 1. The van der Waals surface area contributed by atoms with E-state index >= 15 is 0 Å². The first-order valence-electron chi connectivity index (χ1n) is 8.65. The molecular weight excluding hydrogens is 352 g/mol. The van der Waals surface area contributed by atoms with E-state index in [0.29, 0.717) is 11.3 Å². The van der Waals surface area contributed by atoms with E-state index in [-0.39, 0.29) is 25.3 Å². The fraction of sp³-hybridized carbons (Fsp3) is 0.474. The van der Waals surface area contributed by atoms with Gasteiger partial charge in [0.05, 0.1) is 6.54 Å². The molecule has 0 bridgehead atoms. The minimum atomic E-state index is -0.799. The standard InChI is InChI=1S/C19H24N2O6/c1-12(22)26-14-7-5-13(6-8-14)17(24)20-15-11-21(10-9-16(15)23)18(25)27-19(2,3)4/h5-8,15H,9-11H2,1-4H3,(H,20,24). The van der Waals surface area contributed by atoms with Gasteiger partial charge in [0.1, 0.15) is 17.4 Å². The van der Waals surface area contributed by atoms with Crippen LogP contribution >= 0.6 is 0 Å². The molecule has 0 spiro atoms. The van der Waals surface area contributed by atoms with Gasteiger partial charge in [-0.2, -0.15) is 0 Å². The highest BCUT2D eigenvalue weighted by Gasteiger charge is 2.33. The summed E-state index contributed by atoms with van der Waals surface area (Å²) >= 11 is 0. The maximum absolute atomic E-state index is 12.4. The van der Waals surface area contributed by atoms with E-state index < -0.39 is 29.6 Å². The van der Waals surface area contributed by atoms with Gasteiger partial charge in [0.2, 0.25) is 0 Å². The Labute approximate surface area is 157 Å². The molecule has 1 unspecified atom stereocenters. The third kappa shape index (κ3) is 6.09. The van der Waals surface area contributed by atoms with E-state index in [9.17, 15) is 19.2 Å². The first-order valence-corrected chi connectivity index (χ1v) is 8.65. The van der Waals surface area contributed by atoms with Crippen LogP contribution in [0.5, 0.6) is 5.75 Å². The highest BCUT2D eigenvalue weighted by atomic mass is 16.6. The number of nitrogens with zero attached hydrogens (tertiary/aromatic N) is 1. The number of amides is 2. The molecule has 0 aliphatic carbocycles. The van der Waals surface area contributed by atoms with Crippen LogP contribution in [0.25, 0.3) is 0 Å². The summed E-state index contributed by atoms with van der Waals surface area (Å²) in [5.41, 5.74) is -0.325.